The second-order valence-electron chi connectivity index (χ2n) is 9.88. The summed E-state index contributed by atoms with van der Waals surface area (Å²) in [6.07, 6.45) is 8.96. The molecule has 1 aromatic carbocycles. The van der Waals surface area contributed by atoms with Gasteiger partial charge in [0.15, 0.2) is 5.58 Å². The normalized spacial score (nSPS) is 18.1. The van der Waals surface area contributed by atoms with E-state index in [4.69, 9.17) is 13.7 Å². The summed E-state index contributed by atoms with van der Waals surface area (Å²) in [4.78, 5) is 4.66. The number of benzene rings is 1. The fourth-order valence-corrected chi connectivity index (χ4v) is 4.76. The molecule has 1 saturated heterocycles. The van der Waals surface area contributed by atoms with E-state index < -0.39 is 0 Å². The predicted molar refractivity (Wildman–Crippen MR) is 125 cm³/mol. The number of likely N-dealkylation sites (tertiary alicyclic amines) is 1. The maximum atomic E-state index is 6.16. The van der Waals surface area contributed by atoms with Crippen LogP contribution < -0.4 is 4.74 Å². The molecule has 1 saturated carbocycles. The highest BCUT2D eigenvalue weighted by atomic mass is 16.5. The summed E-state index contributed by atoms with van der Waals surface area (Å²) in [5, 5.41) is 5.64. The molecule has 3 aromatic rings. The summed E-state index contributed by atoms with van der Waals surface area (Å²) in [5.41, 5.74) is 3.11. The molecule has 172 valence electrons. The molecule has 6 heteroatoms. The number of ether oxygens (including phenoxy) is 1. The van der Waals surface area contributed by atoms with Crippen LogP contribution in [-0.4, -0.2) is 48.7 Å². The van der Waals surface area contributed by atoms with Crippen molar-refractivity contribution in [1.82, 2.24) is 15.0 Å². The molecule has 2 fully saturated rings. The molecular formula is C26H35N3O3. The Morgan fingerprint density at radius 1 is 1.09 bits per heavy atom. The van der Waals surface area contributed by atoms with Gasteiger partial charge >= 0.3 is 0 Å². The highest BCUT2D eigenvalue weighted by Gasteiger charge is 2.24. The predicted octanol–water partition coefficient (Wildman–Crippen LogP) is 5.12. The second-order valence-corrected chi connectivity index (χ2v) is 9.88. The first-order chi connectivity index (χ1) is 15.7. The molecule has 0 spiro atoms. The molecule has 5 rings (SSSR count). The maximum Gasteiger partial charge on any atom is 0.175 e. The van der Waals surface area contributed by atoms with Crippen molar-refractivity contribution in [2.75, 3.05) is 33.8 Å². The SMILES string of the molecule is CN(C)Cc1c(OCC2CC2)ccc2c(CCC3CCN(Cc4ccco4)CC3)noc12. The third kappa shape index (κ3) is 5.18. The molecule has 0 bridgehead atoms. The lowest BCUT2D eigenvalue weighted by atomic mass is 9.91. The summed E-state index contributed by atoms with van der Waals surface area (Å²) in [6, 6.07) is 8.30. The van der Waals surface area contributed by atoms with Gasteiger partial charge in [-0.25, -0.2) is 0 Å². The standard InChI is InChI=1S/C26H35N3O3/c1-28(2)17-23-25(31-18-20-5-6-20)10-8-22-24(27-32-26(22)23)9-7-19-11-13-29(14-12-19)16-21-4-3-15-30-21/h3-4,8,10,15,19-20H,5-7,9,11-14,16-18H2,1-2H3. The van der Waals surface area contributed by atoms with Gasteiger partial charge in [-0.15, -0.1) is 0 Å². The van der Waals surface area contributed by atoms with E-state index in [2.05, 4.69) is 47.3 Å². The Labute approximate surface area is 190 Å². The monoisotopic (exact) mass is 437 g/mol. The fourth-order valence-electron chi connectivity index (χ4n) is 4.76. The van der Waals surface area contributed by atoms with Gasteiger partial charge < -0.3 is 18.6 Å². The van der Waals surface area contributed by atoms with Gasteiger partial charge in [0, 0.05) is 11.9 Å². The van der Waals surface area contributed by atoms with E-state index in [0.717, 1.165) is 84.8 Å². The van der Waals surface area contributed by atoms with Gasteiger partial charge in [0.2, 0.25) is 0 Å². The number of fused-ring (bicyclic) bond motifs is 1. The molecule has 0 unspecified atom stereocenters. The van der Waals surface area contributed by atoms with Crippen LogP contribution in [-0.2, 0) is 19.5 Å². The lowest BCUT2D eigenvalue weighted by molar-refractivity contribution is 0.162. The first-order valence-electron chi connectivity index (χ1n) is 12.1. The van der Waals surface area contributed by atoms with Crippen LogP contribution in [0.5, 0.6) is 5.75 Å². The third-order valence-electron chi connectivity index (χ3n) is 6.88. The van der Waals surface area contributed by atoms with E-state index in [1.165, 1.54) is 32.1 Å². The molecule has 6 nitrogen and oxygen atoms in total. The van der Waals surface area contributed by atoms with E-state index in [-0.39, 0.29) is 0 Å². The second kappa shape index (κ2) is 9.67. The van der Waals surface area contributed by atoms with Gasteiger partial charge in [0.05, 0.1) is 30.7 Å². The number of piperidine rings is 1. The van der Waals surface area contributed by atoms with E-state index in [9.17, 15) is 0 Å². The fraction of sp³-hybridized carbons (Fsp3) is 0.577. The van der Waals surface area contributed by atoms with Crippen LogP contribution in [0.25, 0.3) is 11.0 Å². The van der Waals surface area contributed by atoms with Crippen LogP contribution in [0.15, 0.2) is 39.5 Å². The van der Waals surface area contributed by atoms with Crippen LogP contribution >= 0.6 is 0 Å². The van der Waals surface area contributed by atoms with Gasteiger partial charge in [0.25, 0.3) is 0 Å². The summed E-state index contributed by atoms with van der Waals surface area (Å²) in [5.74, 6) is 3.49. The molecule has 1 aliphatic carbocycles. The average molecular weight is 438 g/mol. The minimum absolute atomic E-state index is 0.730. The molecule has 0 N–H and O–H groups in total. The van der Waals surface area contributed by atoms with Gasteiger partial charge in [-0.1, -0.05) is 5.16 Å². The Kier molecular flexibility index (Phi) is 6.51. The van der Waals surface area contributed by atoms with E-state index in [1.807, 2.05) is 6.07 Å². The van der Waals surface area contributed by atoms with Crippen LogP contribution in [0.4, 0.5) is 0 Å². The Morgan fingerprint density at radius 2 is 1.94 bits per heavy atom. The highest BCUT2D eigenvalue weighted by molar-refractivity contribution is 5.84. The number of aryl methyl sites for hydroxylation is 1. The van der Waals surface area contributed by atoms with Crippen molar-refractivity contribution < 1.29 is 13.7 Å². The van der Waals surface area contributed by atoms with Crippen molar-refractivity contribution >= 4 is 11.0 Å². The largest absolute Gasteiger partial charge is 0.493 e. The molecule has 0 amide bonds. The van der Waals surface area contributed by atoms with Crippen LogP contribution in [0, 0.1) is 11.8 Å². The van der Waals surface area contributed by atoms with E-state index >= 15 is 0 Å². The van der Waals surface area contributed by atoms with Gasteiger partial charge in [-0.3, -0.25) is 4.90 Å². The number of hydrogen-bond acceptors (Lipinski definition) is 6. The zero-order chi connectivity index (χ0) is 21.9. The summed E-state index contributed by atoms with van der Waals surface area (Å²) >= 11 is 0. The Bertz CT molecular complexity index is 999. The third-order valence-corrected chi connectivity index (χ3v) is 6.88. The minimum Gasteiger partial charge on any atom is -0.493 e. The number of rotatable bonds is 10. The van der Waals surface area contributed by atoms with E-state index in [1.54, 1.807) is 6.26 Å². The number of nitrogens with zero attached hydrogens (tertiary/aromatic N) is 3. The summed E-state index contributed by atoms with van der Waals surface area (Å²) in [6.45, 7) is 4.80. The lowest BCUT2D eigenvalue weighted by Crippen LogP contribution is -2.33. The summed E-state index contributed by atoms with van der Waals surface area (Å²) in [7, 11) is 4.16. The van der Waals surface area contributed by atoms with Gasteiger partial charge in [-0.2, -0.15) is 0 Å². The van der Waals surface area contributed by atoms with Crippen LogP contribution in [0.3, 0.4) is 0 Å². The average Bonchev–Trinajstić information content (AvgIpc) is 3.30. The van der Waals surface area contributed by atoms with Crippen molar-refractivity contribution in [2.45, 2.75) is 51.6 Å². The molecule has 2 aliphatic rings. The van der Waals surface area contributed by atoms with Gasteiger partial charge in [0.1, 0.15) is 11.5 Å². The number of hydrogen-bond donors (Lipinski definition) is 0. The smallest absolute Gasteiger partial charge is 0.175 e. The van der Waals surface area contributed by atoms with Crippen molar-refractivity contribution in [3.05, 3.63) is 47.5 Å². The highest BCUT2D eigenvalue weighted by Crippen LogP contribution is 2.35. The Hall–Kier alpha value is -2.31. The number of aromatic nitrogens is 1. The summed E-state index contributed by atoms with van der Waals surface area (Å²) < 4.78 is 17.5. The van der Waals surface area contributed by atoms with E-state index in [0.29, 0.717) is 0 Å². The lowest BCUT2D eigenvalue weighted by Gasteiger charge is -2.31. The maximum absolute atomic E-state index is 6.16. The Morgan fingerprint density at radius 3 is 2.66 bits per heavy atom. The van der Waals surface area contributed by atoms with Crippen LogP contribution in [0.1, 0.15) is 49.1 Å². The van der Waals surface area contributed by atoms with Crippen molar-refractivity contribution in [2.24, 2.45) is 11.8 Å². The van der Waals surface area contributed by atoms with Gasteiger partial charge in [-0.05, 0) is 102 Å². The zero-order valence-electron chi connectivity index (χ0n) is 19.4. The molecule has 0 radical (unpaired) electrons. The molecule has 2 aromatic heterocycles. The molecule has 32 heavy (non-hydrogen) atoms. The Balaban J connectivity index is 1.21. The first-order valence-corrected chi connectivity index (χ1v) is 12.1. The topological polar surface area (TPSA) is 54.9 Å². The molecule has 3 heterocycles. The van der Waals surface area contributed by atoms with Crippen molar-refractivity contribution in [1.29, 1.82) is 0 Å². The van der Waals surface area contributed by atoms with Crippen molar-refractivity contribution in [3.8, 4) is 5.75 Å². The minimum atomic E-state index is 0.730. The first kappa shape index (κ1) is 21.5. The molecule has 0 atom stereocenters. The zero-order valence-corrected chi connectivity index (χ0v) is 19.4. The molecular weight excluding hydrogens is 402 g/mol. The quantitative estimate of drug-likeness (QED) is 0.439. The van der Waals surface area contributed by atoms with Crippen LogP contribution in [0.2, 0.25) is 0 Å². The molecule has 1 aliphatic heterocycles. The van der Waals surface area contributed by atoms with Crippen molar-refractivity contribution in [3.63, 3.8) is 0 Å². The number of furan rings is 1.